The number of rotatable bonds is 5. The molecule has 0 aromatic carbocycles. The van der Waals surface area contributed by atoms with Crippen LogP contribution in [0.15, 0.2) is 5.10 Å². The van der Waals surface area contributed by atoms with Gasteiger partial charge in [-0.1, -0.05) is 0 Å². The van der Waals surface area contributed by atoms with Gasteiger partial charge in [0.05, 0.1) is 0 Å². The number of aliphatic hydroxyl groups is 1. The van der Waals surface area contributed by atoms with Crippen molar-refractivity contribution >= 4 is 17.5 Å². The zero-order valence-electron chi connectivity index (χ0n) is 10.3. The van der Waals surface area contributed by atoms with Crippen LogP contribution in [0.25, 0.3) is 0 Å². The van der Waals surface area contributed by atoms with Crippen LogP contribution in [0, 0.1) is 0 Å². The number of carbonyl (C=O) groups is 2. The van der Waals surface area contributed by atoms with Crippen molar-refractivity contribution in [2.24, 2.45) is 5.10 Å². The fourth-order valence-corrected chi connectivity index (χ4v) is 1.67. The molecule has 0 aromatic rings. The number of amides is 2. The Bertz CT molecular complexity index is 328. The van der Waals surface area contributed by atoms with E-state index in [1.54, 1.807) is 11.9 Å². The van der Waals surface area contributed by atoms with Gasteiger partial charge in [0.2, 0.25) is 5.91 Å². The van der Waals surface area contributed by atoms with E-state index in [2.05, 4.69) is 5.10 Å². The molecule has 0 aliphatic carbocycles. The van der Waals surface area contributed by atoms with Gasteiger partial charge in [0.15, 0.2) is 0 Å². The van der Waals surface area contributed by atoms with Gasteiger partial charge in [0.1, 0.15) is 5.71 Å². The van der Waals surface area contributed by atoms with Crippen LogP contribution in [-0.2, 0) is 9.59 Å². The molecule has 0 atom stereocenters. The summed E-state index contributed by atoms with van der Waals surface area (Å²) in [5, 5.41) is 14.0. The van der Waals surface area contributed by atoms with Crippen LogP contribution in [0.4, 0.5) is 0 Å². The Kier molecular flexibility index (Phi) is 5.09. The fourth-order valence-electron chi connectivity index (χ4n) is 1.67. The molecule has 1 rings (SSSR count). The second-order valence-electron chi connectivity index (χ2n) is 3.93. The lowest BCUT2D eigenvalue weighted by Crippen LogP contribution is -2.41. The molecule has 6 nitrogen and oxygen atoms in total. The lowest BCUT2D eigenvalue weighted by molar-refractivity contribution is -0.130. The minimum atomic E-state index is -0.139. The second kappa shape index (κ2) is 6.34. The van der Waals surface area contributed by atoms with Crippen molar-refractivity contribution in [1.82, 2.24) is 9.91 Å². The van der Waals surface area contributed by atoms with E-state index in [-0.39, 0.29) is 18.4 Å². The standard InChI is InChI=1S/C11H19N3O3/c1-3-14(7-4-8-15)11(17)9-5-6-10(16)13(2)12-9/h15H,3-8H2,1-2H3. The topological polar surface area (TPSA) is 73.2 Å². The first-order valence-electron chi connectivity index (χ1n) is 5.84. The average Bonchev–Trinajstić information content (AvgIpc) is 2.33. The molecule has 0 aromatic heterocycles. The van der Waals surface area contributed by atoms with Crippen LogP contribution in [0.5, 0.6) is 0 Å². The SMILES string of the molecule is CCN(CCCO)C(=O)C1=NN(C)C(=O)CC1. The Morgan fingerprint density at radius 3 is 2.76 bits per heavy atom. The normalized spacial score (nSPS) is 15.8. The van der Waals surface area contributed by atoms with Crippen LogP contribution in [-0.4, -0.2) is 59.3 Å². The molecule has 1 aliphatic heterocycles. The maximum atomic E-state index is 12.1. The summed E-state index contributed by atoms with van der Waals surface area (Å²) in [4.78, 5) is 24.9. The molecule has 1 N–H and O–H groups in total. The molecule has 1 heterocycles. The Morgan fingerprint density at radius 2 is 2.24 bits per heavy atom. The van der Waals surface area contributed by atoms with Crippen molar-refractivity contribution in [3.63, 3.8) is 0 Å². The van der Waals surface area contributed by atoms with Crippen molar-refractivity contribution in [2.75, 3.05) is 26.7 Å². The van der Waals surface area contributed by atoms with Crippen molar-refractivity contribution in [1.29, 1.82) is 0 Å². The summed E-state index contributed by atoms with van der Waals surface area (Å²) in [5.74, 6) is -0.208. The number of hydrazone groups is 1. The van der Waals surface area contributed by atoms with Gasteiger partial charge in [0, 0.05) is 39.6 Å². The summed E-state index contributed by atoms with van der Waals surface area (Å²) >= 11 is 0. The summed E-state index contributed by atoms with van der Waals surface area (Å²) in [6.45, 7) is 3.04. The molecule has 0 bridgehead atoms. The number of hydrogen-bond donors (Lipinski definition) is 1. The molecule has 0 saturated heterocycles. The van der Waals surface area contributed by atoms with Crippen LogP contribution in [0.1, 0.15) is 26.2 Å². The van der Waals surface area contributed by atoms with Gasteiger partial charge in [-0.15, -0.1) is 0 Å². The molecule has 6 heteroatoms. The molecular weight excluding hydrogens is 222 g/mol. The number of carbonyl (C=O) groups excluding carboxylic acids is 2. The van der Waals surface area contributed by atoms with Gasteiger partial charge in [-0.3, -0.25) is 9.59 Å². The van der Waals surface area contributed by atoms with Crippen molar-refractivity contribution in [3.8, 4) is 0 Å². The minimum absolute atomic E-state index is 0.0641. The highest BCUT2D eigenvalue weighted by molar-refractivity contribution is 6.39. The van der Waals surface area contributed by atoms with Crippen LogP contribution >= 0.6 is 0 Å². The van der Waals surface area contributed by atoms with Crippen molar-refractivity contribution in [2.45, 2.75) is 26.2 Å². The summed E-state index contributed by atoms with van der Waals surface area (Å²) in [7, 11) is 1.55. The molecule has 0 spiro atoms. The predicted octanol–water partition coefficient (Wildman–Crippen LogP) is -0.175. The lowest BCUT2D eigenvalue weighted by Gasteiger charge is -2.24. The van der Waals surface area contributed by atoms with Gasteiger partial charge < -0.3 is 10.0 Å². The first-order chi connectivity index (χ1) is 8.10. The van der Waals surface area contributed by atoms with E-state index in [1.807, 2.05) is 6.92 Å². The third kappa shape index (κ3) is 3.52. The molecule has 0 saturated carbocycles. The van der Waals surface area contributed by atoms with E-state index >= 15 is 0 Å². The zero-order valence-corrected chi connectivity index (χ0v) is 10.3. The first kappa shape index (κ1) is 13.6. The van der Waals surface area contributed by atoms with E-state index in [4.69, 9.17) is 5.11 Å². The van der Waals surface area contributed by atoms with Gasteiger partial charge >= 0.3 is 0 Å². The monoisotopic (exact) mass is 241 g/mol. The van der Waals surface area contributed by atoms with Crippen LogP contribution in [0.2, 0.25) is 0 Å². The minimum Gasteiger partial charge on any atom is -0.396 e. The van der Waals surface area contributed by atoms with Gasteiger partial charge in [0.25, 0.3) is 5.91 Å². The fraction of sp³-hybridized carbons (Fsp3) is 0.727. The maximum Gasteiger partial charge on any atom is 0.270 e. The van der Waals surface area contributed by atoms with Gasteiger partial charge in [-0.05, 0) is 13.3 Å². The molecule has 1 aliphatic rings. The molecule has 96 valence electrons. The Hall–Kier alpha value is -1.43. The summed E-state index contributed by atoms with van der Waals surface area (Å²) in [5.41, 5.74) is 0.423. The van der Waals surface area contributed by atoms with Gasteiger partial charge in [-0.2, -0.15) is 5.10 Å². The number of aliphatic hydroxyl groups excluding tert-OH is 1. The molecule has 0 radical (unpaired) electrons. The van der Waals surface area contributed by atoms with E-state index in [0.717, 1.165) is 0 Å². The lowest BCUT2D eigenvalue weighted by atomic mass is 10.1. The number of nitrogens with zero attached hydrogens (tertiary/aromatic N) is 3. The molecule has 2 amide bonds. The first-order valence-corrected chi connectivity index (χ1v) is 5.84. The highest BCUT2D eigenvalue weighted by atomic mass is 16.3. The Balaban J connectivity index is 2.67. The molecule has 0 fully saturated rings. The highest BCUT2D eigenvalue weighted by Gasteiger charge is 2.24. The van der Waals surface area contributed by atoms with Crippen molar-refractivity contribution in [3.05, 3.63) is 0 Å². The zero-order chi connectivity index (χ0) is 12.8. The third-order valence-electron chi connectivity index (χ3n) is 2.71. The largest absolute Gasteiger partial charge is 0.396 e. The van der Waals surface area contributed by atoms with Crippen LogP contribution in [0.3, 0.4) is 0 Å². The number of hydrogen-bond acceptors (Lipinski definition) is 4. The average molecular weight is 241 g/mol. The summed E-state index contributed by atoms with van der Waals surface area (Å²) in [6, 6.07) is 0. The summed E-state index contributed by atoms with van der Waals surface area (Å²) < 4.78 is 0. The quantitative estimate of drug-likeness (QED) is 0.726. The Labute approximate surface area is 101 Å². The molecule has 17 heavy (non-hydrogen) atoms. The second-order valence-corrected chi connectivity index (χ2v) is 3.93. The van der Waals surface area contributed by atoms with Gasteiger partial charge in [-0.25, -0.2) is 5.01 Å². The van der Waals surface area contributed by atoms with E-state index in [9.17, 15) is 9.59 Å². The Morgan fingerprint density at radius 1 is 1.53 bits per heavy atom. The molecular formula is C11H19N3O3. The summed E-state index contributed by atoms with van der Waals surface area (Å²) in [6.07, 6.45) is 1.29. The third-order valence-corrected chi connectivity index (χ3v) is 2.71. The van der Waals surface area contributed by atoms with E-state index < -0.39 is 0 Å². The molecule has 0 unspecified atom stereocenters. The smallest absolute Gasteiger partial charge is 0.270 e. The predicted molar refractivity (Wildman–Crippen MR) is 63.4 cm³/mol. The van der Waals surface area contributed by atoms with E-state index in [1.165, 1.54) is 5.01 Å². The van der Waals surface area contributed by atoms with E-state index in [0.29, 0.717) is 38.1 Å². The van der Waals surface area contributed by atoms with Crippen molar-refractivity contribution < 1.29 is 14.7 Å². The highest BCUT2D eigenvalue weighted by Crippen LogP contribution is 2.09. The van der Waals surface area contributed by atoms with Crippen LogP contribution < -0.4 is 0 Å². The maximum absolute atomic E-state index is 12.1.